The fraction of sp³-hybridized carbons (Fsp3) is 0.300. The third-order valence-electron chi connectivity index (χ3n) is 1.86. The number of carbonyl (C=O) groups excluding carboxylic acids is 1. The lowest BCUT2D eigenvalue weighted by Crippen LogP contribution is -2.19. The van der Waals surface area contributed by atoms with Gasteiger partial charge in [-0.05, 0) is 31.7 Å². The molecule has 1 aromatic rings. The van der Waals surface area contributed by atoms with Crippen LogP contribution in [0.4, 0.5) is 4.39 Å². The standard InChI is InChI=1S/C10H11ClFNO/c1-6-3-7(11)4-8(10(6)12)9(14)5-13-2/h3-4,13H,5H2,1-2H3. The number of benzene rings is 1. The van der Waals surface area contributed by atoms with Gasteiger partial charge in [0.05, 0.1) is 12.1 Å². The Labute approximate surface area is 87.1 Å². The van der Waals surface area contributed by atoms with Crippen molar-refractivity contribution in [2.45, 2.75) is 6.92 Å². The smallest absolute Gasteiger partial charge is 0.179 e. The first-order valence-electron chi connectivity index (χ1n) is 4.19. The number of halogens is 2. The predicted octanol–water partition coefficient (Wildman–Crippen LogP) is 2.19. The van der Waals surface area contributed by atoms with Crippen LogP contribution in [-0.4, -0.2) is 19.4 Å². The van der Waals surface area contributed by atoms with Gasteiger partial charge in [-0.25, -0.2) is 4.39 Å². The first kappa shape index (κ1) is 11.1. The van der Waals surface area contributed by atoms with Crippen LogP contribution in [-0.2, 0) is 0 Å². The molecule has 0 aliphatic heterocycles. The molecule has 76 valence electrons. The minimum Gasteiger partial charge on any atom is -0.313 e. The highest BCUT2D eigenvalue weighted by Crippen LogP contribution is 2.19. The van der Waals surface area contributed by atoms with Crippen molar-refractivity contribution < 1.29 is 9.18 Å². The van der Waals surface area contributed by atoms with Gasteiger partial charge in [-0.2, -0.15) is 0 Å². The van der Waals surface area contributed by atoms with Crippen LogP contribution in [0.3, 0.4) is 0 Å². The Bertz CT molecular complexity index is 365. The number of ketones is 1. The van der Waals surface area contributed by atoms with Crippen LogP contribution in [0.2, 0.25) is 5.02 Å². The van der Waals surface area contributed by atoms with Crippen LogP contribution in [0.1, 0.15) is 15.9 Å². The second kappa shape index (κ2) is 4.53. The molecular weight excluding hydrogens is 205 g/mol. The van der Waals surface area contributed by atoms with Crippen LogP contribution in [0.5, 0.6) is 0 Å². The lowest BCUT2D eigenvalue weighted by molar-refractivity contribution is 0.0989. The third kappa shape index (κ3) is 2.30. The summed E-state index contributed by atoms with van der Waals surface area (Å²) in [5, 5.41) is 3.05. The monoisotopic (exact) mass is 215 g/mol. The average Bonchev–Trinajstić information content (AvgIpc) is 2.11. The van der Waals surface area contributed by atoms with E-state index in [2.05, 4.69) is 5.32 Å². The fourth-order valence-electron chi connectivity index (χ4n) is 1.18. The summed E-state index contributed by atoms with van der Waals surface area (Å²) < 4.78 is 13.4. The summed E-state index contributed by atoms with van der Waals surface area (Å²) in [7, 11) is 1.63. The number of aryl methyl sites for hydroxylation is 1. The molecule has 4 heteroatoms. The molecule has 0 heterocycles. The molecule has 0 atom stereocenters. The van der Waals surface area contributed by atoms with Gasteiger partial charge in [0.1, 0.15) is 5.82 Å². The predicted molar refractivity (Wildman–Crippen MR) is 54.4 cm³/mol. The zero-order valence-electron chi connectivity index (χ0n) is 8.03. The first-order chi connectivity index (χ1) is 6.56. The molecule has 0 saturated heterocycles. The van der Waals surface area contributed by atoms with E-state index < -0.39 is 5.82 Å². The van der Waals surface area contributed by atoms with Crippen LogP contribution in [0, 0.1) is 12.7 Å². The van der Waals surface area contributed by atoms with Crippen molar-refractivity contribution in [2.24, 2.45) is 0 Å². The number of Topliss-reactive ketones (excluding diaryl/α,β-unsaturated/α-hetero) is 1. The Balaban J connectivity index is 3.13. The van der Waals surface area contributed by atoms with Crippen molar-refractivity contribution in [3.63, 3.8) is 0 Å². The summed E-state index contributed by atoms with van der Waals surface area (Å²) >= 11 is 5.73. The second-order valence-corrected chi connectivity index (χ2v) is 3.47. The summed E-state index contributed by atoms with van der Waals surface area (Å²) in [4.78, 5) is 11.4. The number of likely N-dealkylation sites (N-methyl/N-ethyl adjacent to an activating group) is 1. The number of carbonyl (C=O) groups is 1. The molecule has 0 unspecified atom stereocenters. The molecule has 0 fully saturated rings. The van der Waals surface area contributed by atoms with E-state index in [-0.39, 0.29) is 17.9 Å². The Morgan fingerprint density at radius 3 is 2.79 bits per heavy atom. The van der Waals surface area contributed by atoms with Gasteiger partial charge in [0.25, 0.3) is 0 Å². The van der Waals surface area contributed by atoms with Crippen molar-refractivity contribution in [2.75, 3.05) is 13.6 Å². The topological polar surface area (TPSA) is 29.1 Å². The Morgan fingerprint density at radius 1 is 1.57 bits per heavy atom. The quantitative estimate of drug-likeness (QED) is 0.784. The third-order valence-corrected chi connectivity index (χ3v) is 2.08. The maximum absolute atomic E-state index is 13.4. The maximum Gasteiger partial charge on any atom is 0.179 e. The summed E-state index contributed by atoms with van der Waals surface area (Å²) in [6.45, 7) is 1.69. The largest absolute Gasteiger partial charge is 0.313 e. The molecule has 0 aliphatic rings. The molecule has 0 spiro atoms. The Morgan fingerprint density at radius 2 is 2.21 bits per heavy atom. The van der Waals surface area contributed by atoms with Gasteiger partial charge in [0.2, 0.25) is 0 Å². The molecule has 0 aliphatic carbocycles. The van der Waals surface area contributed by atoms with Crippen molar-refractivity contribution in [3.8, 4) is 0 Å². The summed E-state index contributed by atoms with van der Waals surface area (Å²) in [5.74, 6) is -0.787. The van der Waals surface area contributed by atoms with E-state index >= 15 is 0 Å². The van der Waals surface area contributed by atoms with Crippen LogP contribution < -0.4 is 5.32 Å². The SMILES string of the molecule is CNCC(=O)c1cc(Cl)cc(C)c1F. The minimum atomic E-state index is -0.491. The highest BCUT2D eigenvalue weighted by Gasteiger charge is 2.13. The number of nitrogens with one attached hydrogen (secondary N) is 1. The molecule has 1 N–H and O–H groups in total. The Kier molecular flexibility index (Phi) is 3.61. The van der Waals surface area contributed by atoms with E-state index in [0.717, 1.165) is 0 Å². The number of hydrogen-bond donors (Lipinski definition) is 1. The van der Waals surface area contributed by atoms with Gasteiger partial charge in [-0.3, -0.25) is 4.79 Å². The first-order valence-corrected chi connectivity index (χ1v) is 4.57. The summed E-state index contributed by atoms with van der Waals surface area (Å²) in [6, 6.07) is 2.84. The molecule has 1 aromatic carbocycles. The number of rotatable bonds is 3. The molecule has 1 rings (SSSR count). The summed E-state index contributed by atoms with van der Waals surface area (Å²) in [5.41, 5.74) is 0.432. The van der Waals surface area contributed by atoms with E-state index in [0.29, 0.717) is 10.6 Å². The summed E-state index contributed by atoms with van der Waals surface area (Å²) in [6.07, 6.45) is 0. The molecule has 0 radical (unpaired) electrons. The van der Waals surface area contributed by atoms with E-state index in [1.165, 1.54) is 12.1 Å². The molecule has 0 bridgehead atoms. The molecular formula is C10H11ClFNO. The van der Waals surface area contributed by atoms with Crippen molar-refractivity contribution >= 4 is 17.4 Å². The highest BCUT2D eigenvalue weighted by atomic mass is 35.5. The van der Waals surface area contributed by atoms with Gasteiger partial charge in [0.15, 0.2) is 5.78 Å². The normalized spacial score (nSPS) is 10.3. The maximum atomic E-state index is 13.4. The molecule has 2 nitrogen and oxygen atoms in total. The minimum absolute atomic E-state index is 0.0457. The zero-order valence-corrected chi connectivity index (χ0v) is 8.78. The van der Waals surface area contributed by atoms with Gasteiger partial charge in [-0.15, -0.1) is 0 Å². The molecule has 0 saturated carbocycles. The van der Waals surface area contributed by atoms with E-state index in [1.54, 1.807) is 14.0 Å². The lowest BCUT2D eigenvalue weighted by atomic mass is 10.1. The zero-order chi connectivity index (χ0) is 10.7. The molecule has 14 heavy (non-hydrogen) atoms. The van der Waals surface area contributed by atoms with Crippen LogP contribution in [0.15, 0.2) is 12.1 Å². The fourth-order valence-corrected chi connectivity index (χ4v) is 1.46. The molecule has 0 aromatic heterocycles. The van der Waals surface area contributed by atoms with Crippen molar-refractivity contribution in [1.29, 1.82) is 0 Å². The van der Waals surface area contributed by atoms with E-state index in [4.69, 9.17) is 11.6 Å². The number of hydrogen-bond acceptors (Lipinski definition) is 2. The Hall–Kier alpha value is -0.930. The van der Waals surface area contributed by atoms with Gasteiger partial charge in [-0.1, -0.05) is 11.6 Å². The van der Waals surface area contributed by atoms with Gasteiger partial charge in [0, 0.05) is 5.02 Å². The highest BCUT2D eigenvalue weighted by molar-refractivity contribution is 6.31. The van der Waals surface area contributed by atoms with E-state index in [9.17, 15) is 9.18 Å². The second-order valence-electron chi connectivity index (χ2n) is 3.04. The van der Waals surface area contributed by atoms with Gasteiger partial charge >= 0.3 is 0 Å². The lowest BCUT2D eigenvalue weighted by Gasteiger charge is -2.05. The van der Waals surface area contributed by atoms with Gasteiger partial charge < -0.3 is 5.32 Å². The van der Waals surface area contributed by atoms with Crippen molar-refractivity contribution in [3.05, 3.63) is 34.1 Å². The average molecular weight is 216 g/mol. The van der Waals surface area contributed by atoms with Crippen molar-refractivity contribution in [1.82, 2.24) is 5.32 Å². The molecule has 0 amide bonds. The van der Waals surface area contributed by atoms with E-state index in [1.807, 2.05) is 0 Å². The van der Waals surface area contributed by atoms with Crippen LogP contribution >= 0.6 is 11.6 Å². The van der Waals surface area contributed by atoms with Crippen LogP contribution in [0.25, 0.3) is 0 Å².